The maximum atomic E-state index is 10.9. The van der Waals surface area contributed by atoms with Gasteiger partial charge in [0.1, 0.15) is 6.61 Å². The van der Waals surface area contributed by atoms with Gasteiger partial charge in [-0.3, -0.25) is 4.79 Å². The minimum atomic E-state index is -0.246. The highest BCUT2D eigenvalue weighted by molar-refractivity contribution is 14.1. The first kappa shape index (κ1) is 19.5. The Balaban J connectivity index is 2.19. The summed E-state index contributed by atoms with van der Waals surface area (Å²) in [4.78, 5) is 10.9. The van der Waals surface area contributed by atoms with E-state index >= 15 is 0 Å². The Hall–Kier alpha value is -1.80. The summed E-state index contributed by atoms with van der Waals surface area (Å²) < 4.78 is 12.7. The number of benzene rings is 2. The van der Waals surface area contributed by atoms with Gasteiger partial charge in [-0.15, -0.1) is 0 Å². The molecule has 2 aromatic rings. The fourth-order valence-electron chi connectivity index (χ4n) is 2.00. The summed E-state index contributed by atoms with van der Waals surface area (Å²) >= 11 is 8.60. The quantitative estimate of drug-likeness (QED) is 0.369. The summed E-state index contributed by atoms with van der Waals surface area (Å²) in [6, 6.07) is 11.5. The molecule has 25 heavy (non-hydrogen) atoms. The molecule has 7 heteroatoms. The van der Waals surface area contributed by atoms with Gasteiger partial charge in [0.2, 0.25) is 5.91 Å². The van der Waals surface area contributed by atoms with Gasteiger partial charge in [0.25, 0.3) is 0 Å². The zero-order valence-electron chi connectivity index (χ0n) is 13.9. The molecule has 132 valence electrons. The van der Waals surface area contributed by atoms with Crippen LogP contribution in [0.4, 0.5) is 0 Å². The number of rotatable bonds is 7. The van der Waals surface area contributed by atoms with E-state index in [4.69, 9.17) is 21.1 Å². The van der Waals surface area contributed by atoms with Gasteiger partial charge < -0.3 is 9.47 Å². The molecular formula is C18H18ClIN2O3. The largest absolute Gasteiger partial charge is 0.490 e. The first-order valence-corrected chi connectivity index (χ1v) is 9.08. The SMILES string of the molecule is CCOc1cc(/C=N\NC(C)=O)cc(Cl)c1OCc1ccc(I)cc1. The summed E-state index contributed by atoms with van der Waals surface area (Å²) in [6.45, 7) is 4.13. The van der Waals surface area contributed by atoms with Crippen molar-refractivity contribution in [3.8, 4) is 11.5 Å². The summed E-state index contributed by atoms with van der Waals surface area (Å²) in [5, 5.41) is 4.25. The summed E-state index contributed by atoms with van der Waals surface area (Å²) in [6.07, 6.45) is 1.50. The van der Waals surface area contributed by atoms with E-state index in [1.165, 1.54) is 13.1 Å². The minimum Gasteiger partial charge on any atom is -0.490 e. The van der Waals surface area contributed by atoms with Crippen molar-refractivity contribution in [2.24, 2.45) is 5.10 Å². The van der Waals surface area contributed by atoms with Gasteiger partial charge in [-0.1, -0.05) is 23.7 Å². The molecule has 0 saturated heterocycles. The van der Waals surface area contributed by atoms with E-state index in [9.17, 15) is 4.79 Å². The fourth-order valence-corrected chi connectivity index (χ4v) is 2.63. The smallest absolute Gasteiger partial charge is 0.236 e. The fraction of sp³-hybridized carbons (Fsp3) is 0.222. The second kappa shape index (κ2) is 9.62. The van der Waals surface area contributed by atoms with E-state index < -0.39 is 0 Å². The molecule has 0 aliphatic carbocycles. The molecule has 0 aliphatic rings. The lowest BCUT2D eigenvalue weighted by Crippen LogP contribution is -2.12. The predicted octanol–water partition coefficient (Wildman–Crippen LogP) is 4.39. The molecule has 0 unspecified atom stereocenters. The lowest BCUT2D eigenvalue weighted by Gasteiger charge is -2.14. The Bertz CT molecular complexity index is 764. The highest BCUT2D eigenvalue weighted by atomic mass is 127. The van der Waals surface area contributed by atoms with Crippen molar-refractivity contribution in [3.05, 3.63) is 56.1 Å². The molecule has 0 saturated carbocycles. The number of hydrogen-bond donors (Lipinski definition) is 1. The topological polar surface area (TPSA) is 59.9 Å². The Morgan fingerprint density at radius 2 is 2.00 bits per heavy atom. The summed E-state index contributed by atoms with van der Waals surface area (Å²) in [5.74, 6) is 0.772. The molecule has 0 bridgehead atoms. The van der Waals surface area contributed by atoms with Crippen LogP contribution in [0.1, 0.15) is 25.0 Å². The first-order chi connectivity index (χ1) is 12.0. The van der Waals surface area contributed by atoms with Crippen LogP contribution in [0.3, 0.4) is 0 Å². The molecule has 0 atom stereocenters. The monoisotopic (exact) mass is 472 g/mol. The Morgan fingerprint density at radius 3 is 2.64 bits per heavy atom. The normalized spacial score (nSPS) is 10.7. The average molecular weight is 473 g/mol. The molecular weight excluding hydrogens is 455 g/mol. The van der Waals surface area contributed by atoms with Crippen molar-refractivity contribution in [3.63, 3.8) is 0 Å². The molecule has 5 nitrogen and oxygen atoms in total. The molecule has 1 N–H and O–H groups in total. The molecule has 1 amide bonds. The number of carbonyl (C=O) groups is 1. The van der Waals surface area contributed by atoms with Crippen molar-refractivity contribution >= 4 is 46.3 Å². The van der Waals surface area contributed by atoms with E-state index in [2.05, 4.69) is 33.1 Å². The van der Waals surface area contributed by atoms with Crippen LogP contribution in [-0.2, 0) is 11.4 Å². The van der Waals surface area contributed by atoms with E-state index in [0.717, 1.165) is 9.13 Å². The minimum absolute atomic E-state index is 0.246. The Kier molecular flexibility index (Phi) is 7.52. The zero-order chi connectivity index (χ0) is 18.2. The molecule has 0 fully saturated rings. The van der Waals surface area contributed by atoms with Crippen molar-refractivity contribution in [1.29, 1.82) is 0 Å². The number of ether oxygens (including phenoxy) is 2. The van der Waals surface area contributed by atoms with E-state index in [0.29, 0.717) is 35.3 Å². The third-order valence-corrected chi connectivity index (χ3v) is 4.06. The van der Waals surface area contributed by atoms with E-state index in [1.54, 1.807) is 12.1 Å². The van der Waals surface area contributed by atoms with Crippen LogP contribution in [0.25, 0.3) is 0 Å². The van der Waals surface area contributed by atoms with E-state index in [-0.39, 0.29) is 5.91 Å². The molecule has 0 spiro atoms. The van der Waals surface area contributed by atoms with Crippen molar-refractivity contribution < 1.29 is 14.3 Å². The Labute approximate surface area is 165 Å². The maximum absolute atomic E-state index is 10.9. The van der Waals surface area contributed by atoms with Crippen LogP contribution < -0.4 is 14.9 Å². The lowest BCUT2D eigenvalue weighted by molar-refractivity contribution is -0.118. The number of nitrogens with zero attached hydrogens (tertiary/aromatic N) is 1. The highest BCUT2D eigenvalue weighted by Crippen LogP contribution is 2.37. The molecule has 0 heterocycles. The van der Waals surface area contributed by atoms with Crippen LogP contribution in [0.2, 0.25) is 5.02 Å². The van der Waals surface area contributed by atoms with Gasteiger partial charge in [-0.2, -0.15) is 5.10 Å². The van der Waals surface area contributed by atoms with Crippen LogP contribution in [0.15, 0.2) is 41.5 Å². The third kappa shape index (κ3) is 6.21. The van der Waals surface area contributed by atoms with Crippen molar-refractivity contribution in [2.45, 2.75) is 20.5 Å². The second-order valence-electron chi connectivity index (χ2n) is 5.10. The van der Waals surface area contributed by atoms with E-state index in [1.807, 2.05) is 31.2 Å². The van der Waals surface area contributed by atoms with Crippen LogP contribution in [0, 0.1) is 3.57 Å². The van der Waals surface area contributed by atoms with Gasteiger partial charge in [-0.05, 0) is 64.9 Å². The van der Waals surface area contributed by atoms with Crippen molar-refractivity contribution in [2.75, 3.05) is 6.61 Å². The summed E-state index contributed by atoms with van der Waals surface area (Å²) in [5.41, 5.74) is 4.08. The molecule has 2 aromatic carbocycles. The van der Waals surface area contributed by atoms with Crippen LogP contribution in [0.5, 0.6) is 11.5 Å². The Morgan fingerprint density at radius 1 is 1.28 bits per heavy atom. The second-order valence-corrected chi connectivity index (χ2v) is 6.76. The third-order valence-electron chi connectivity index (χ3n) is 3.06. The number of halogens is 2. The summed E-state index contributed by atoms with van der Waals surface area (Å²) in [7, 11) is 0. The van der Waals surface area contributed by atoms with Gasteiger partial charge in [0.05, 0.1) is 17.8 Å². The lowest BCUT2D eigenvalue weighted by atomic mass is 10.2. The number of nitrogens with one attached hydrogen (secondary N) is 1. The van der Waals surface area contributed by atoms with Gasteiger partial charge in [-0.25, -0.2) is 5.43 Å². The maximum Gasteiger partial charge on any atom is 0.236 e. The highest BCUT2D eigenvalue weighted by Gasteiger charge is 2.12. The predicted molar refractivity (Wildman–Crippen MR) is 108 cm³/mol. The number of hydrogen-bond acceptors (Lipinski definition) is 4. The molecule has 0 radical (unpaired) electrons. The van der Waals surface area contributed by atoms with Crippen LogP contribution >= 0.6 is 34.2 Å². The van der Waals surface area contributed by atoms with Gasteiger partial charge in [0.15, 0.2) is 11.5 Å². The molecule has 0 aliphatic heterocycles. The van der Waals surface area contributed by atoms with Crippen molar-refractivity contribution in [1.82, 2.24) is 5.43 Å². The van der Waals surface area contributed by atoms with Gasteiger partial charge in [0, 0.05) is 10.5 Å². The number of hydrazone groups is 1. The zero-order valence-corrected chi connectivity index (χ0v) is 16.8. The molecule has 0 aromatic heterocycles. The molecule has 2 rings (SSSR count). The van der Waals surface area contributed by atoms with Gasteiger partial charge >= 0.3 is 0 Å². The standard InChI is InChI=1S/C18H18ClIN2O3/c1-3-24-17-9-14(10-21-22-12(2)23)8-16(19)18(17)25-11-13-4-6-15(20)7-5-13/h4-10H,3,11H2,1-2H3,(H,22,23)/b21-10-. The number of amides is 1. The first-order valence-electron chi connectivity index (χ1n) is 7.62. The van der Waals surface area contributed by atoms with Crippen LogP contribution in [-0.4, -0.2) is 18.7 Å². The average Bonchev–Trinajstić information content (AvgIpc) is 2.55. The number of carbonyl (C=O) groups excluding carboxylic acids is 1.